The molecule has 0 bridgehead atoms. The van der Waals surface area contributed by atoms with E-state index in [1.165, 1.54) is 6.33 Å². The van der Waals surface area contributed by atoms with Crippen LogP contribution >= 0.6 is 0 Å². The summed E-state index contributed by atoms with van der Waals surface area (Å²) in [5, 5.41) is 12.9. The van der Waals surface area contributed by atoms with Gasteiger partial charge >= 0.3 is 0 Å². The molecule has 0 aromatic carbocycles. The smallest absolute Gasteiger partial charge is 0.254 e. The molecule has 0 amide bonds. The summed E-state index contributed by atoms with van der Waals surface area (Å²) in [6, 6.07) is 1.99. The van der Waals surface area contributed by atoms with Crippen molar-refractivity contribution >= 4 is 11.6 Å². The molecule has 0 aliphatic carbocycles. The summed E-state index contributed by atoms with van der Waals surface area (Å²) < 4.78 is 1.73. The van der Waals surface area contributed by atoms with Gasteiger partial charge < -0.3 is 10.0 Å². The number of aryl methyl sites for hydroxylation is 1. The fourth-order valence-electron chi connectivity index (χ4n) is 1.76. The molecule has 0 fully saturated rings. The minimum Gasteiger partial charge on any atom is -0.396 e. The average Bonchev–Trinajstić information content (AvgIpc) is 2.75. The lowest BCUT2D eigenvalue weighted by molar-refractivity contribution is 0.285. The van der Waals surface area contributed by atoms with Gasteiger partial charge in [-0.1, -0.05) is 0 Å². The predicted octanol–water partition coefficient (Wildman–Crippen LogP) is 0.641. The molecular weight excluding hydrogens is 218 g/mol. The molecule has 0 radical (unpaired) electrons. The number of rotatable bonds is 5. The van der Waals surface area contributed by atoms with Crippen molar-refractivity contribution in [3.05, 3.63) is 18.1 Å². The third kappa shape index (κ3) is 2.52. The zero-order valence-electron chi connectivity index (χ0n) is 10.2. The monoisotopic (exact) mass is 235 g/mol. The SMILES string of the molecule is Cc1cc(N(C)CCCCO)n2ncnc2n1. The van der Waals surface area contributed by atoms with Crippen LogP contribution in [0.5, 0.6) is 0 Å². The molecule has 2 aromatic rings. The fraction of sp³-hybridized carbons (Fsp3) is 0.545. The first-order valence-corrected chi connectivity index (χ1v) is 5.72. The maximum absolute atomic E-state index is 8.78. The van der Waals surface area contributed by atoms with E-state index in [4.69, 9.17) is 5.11 Å². The van der Waals surface area contributed by atoms with E-state index in [1.807, 2.05) is 20.0 Å². The Labute approximate surface area is 99.9 Å². The number of fused-ring (bicyclic) bond motifs is 1. The number of aliphatic hydroxyl groups excluding tert-OH is 1. The van der Waals surface area contributed by atoms with Crippen LogP contribution in [0.3, 0.4) is 0 Å². The van der Waals surface area contributed by atoms with Crippen LogP contribution in [0.1, 0.15) is 18.5 Å². The molecule has 6 nitrogen and oxygen atoms in total. The summed E-state index contributed by atoms with van der Waals surface area (Å²) in [5.41, 5.74) is 0.925. The highest BCUT2D eigenvalue weighted by atomic mass is 16.2. The number of aliphatic hydroxyl groups is 1. The molecule has 0 aliphatic heterocycles. The Kier molecular flexibility index (Phi) is 3.53. The molecule has 92 valence electrons. The van der Waals surface area contributed by atoms with E-state index < -0.39 is 0 Å². The van der Waals surface area contributed by atoms with E-state index in [1.54, 1.807) is 4.52 Å². The molecule has 0 atom stereocenters. The number of hydrogen-bond acceptors (Lipinski definition) is 5. The number of hydrogen-bond donors (Lipinski definition) is 1. The predicted molar refractivity (Wildman–Crippen MR) is 65.1 cm³/mol. The van der Waals surface area contributed by atoms with Gasteiger partial charge in [-0.3, -0.25) is 0 Å². The Balaban J connectivity index is 2.24. The normalized spacial score (nSPS) is 11.0. The van der Waals surface area contributed by atoms with Crippen molar-refractivity contribution in [2.24, 2.45) is 0 Å². The van der Waals surface area contributed by atoms with Crippen LogP contribution in [-0.2, 0) is 0 Å². The van der Waals surface area contributed by atoms with E-state index in [2.05, 4.69) is 20.0 Å². The van der Waals surface area contributed by atoms with Gasteiger partial charge in [-0.25, -0.2) is 4.98 Å². The van der Waals surface area contributed by atoms with E-state index in [9.17, 15) is 0 Å². The van der Waals surface area contributed by atoms with Gasteiger partial charge in [-0.15, -0.1) is 0 Å². The standard InChI is InChI=1S/C11H17N5O/c1-9-7-10(15(2)5-3-4-6-17)16-11(14-9)12-8-13-16/h7-8,17H,3-6H2,1-2H3. The van der Waals surface area contributed by atoms with E-state index in [0.717, 1.165) is 30.9 Å². The number of unbranched alkanes of at least 4 members (excludes halogenated alkanes) is 1. The van der Waals surface area contributed by atoms with Crippen LogP contribution in [0.2, 0.25) is 0 Å². The van der Waals surface area contributed by atoms with Crippen molar-refractivity contribution in [2.45, 2.75) is 19.8 Å². The summed E-state index contributed by atoms with van der Waals surface area (Å²) in [5.74, 6) is 1.59. The molecule has 0 aliphatic rings. The number of nitrogens with zero attached hydrogens (tertiary/aromatic N) is 5. The Hall–Kier alpha value is -1.69. The van der Waals surface area contributed by atoms with Gasteiger partial charge in [0.15, 0.2) is 0 Å². The second-order valence-electron chi connectivity index (χ2n) is 4.08. The maximum Gasteiger partial charge on any atom is 0.254 e. The molecule has 1 N–H and O–H groups in total. The lowest BCUT2D eigenvalue weighted by Gasteiger charge is -2.19. The number of aromatic nitrogens is 4. The van der Waals surface area contributed by atoms with Crippen molar-refractivity contribution in [1.82, 2.24) is 19.6 Å². The van der Waals surface area contributed by atoms with Gasteiger partial charge in [0.2, 0.25) is 0 Å². The Morgan fingerprint density at radius 3 is 3.00 bits per heavy atom. The topological polar surface area (TPSA) is 66.5 Å². The largest absolute Gasteiger partial charge is 0.396 e. The molecule has 17 heavy (non-hydrogen) atoms. The molecule has 0 saturated carbocycles. The van der Waals surface area contributed by atoms with Gasteiger partial charge in [0, 0.05) is 32.0 Å². The second kappa shape index (κ2) is 5.09. The Bertz CT molecular complexity index is 496. The van der Waals surface area contributed by atoms with Crippen molar-refractivity contribution in [3.63, 3.8) is 0 Å². The van der Waals surface area contributed by atoms with Crippen LogP contribution in [0.25, 0.3) is 5.78 Å². The highest BCUT2D eigenvalue weighted by molar-refractivity contribution is 5.46. The summed E-state index contributed by atoms with van der Waals surface area (Å²) in [6.45, 7) is 3.06. The van der Waals surface area contributed by atoms with Crippen molar-refractivity contribution in [3.8, 4) is 0 Å². The van der Waals surface area contributed by atoms with Crippen LogP contribution in [-0.4, -0.2) is 44.9 Å². The van der Waals surface area contributed by atoms with Crippen molar-refractivity contribution in [1.29, 1.82) is 0 Å². The molecule has 6 heteroatoms. The lowest BCUT2D eigenvalue weighted by Crippen LogP contribution is -2.22. The molecule has 0 spiro atoms. The third-order valence-corrected chi connectivity index (χ3v) is 2.65. The highest BCUT2D eigenvalue weighted by Gasteiger charge is 2.09. The fourth-order valence-corrected chi connectivity index (χ4v) is 1.76. The summed E-state index contributed by atoms with van der Waals surface area (Å²) in [4.78, 5) is 10.5. The third-order valence-electron chi connectivity index (χ3n) is 2.65. The molecule has 0 unspecified atom stereocenters. The van der Waals surface area contributed by atoms with Gasteiger partial charge in [0.05, 0.1) is 0 Å². The van der Waals surface area contributed by atoms with Gasteiger partial charge in [-0.05, 0) is 19.8 Å². The van der Waals surface area contributed by atoms with Gasteiger partial charge in [-0.2, -0.15) is 14.6 Å². The zero-order valence-corrected chi connectivity index (χ0v) is 10.2. The van der Waals surface area contributed by atoms with Crippen molar-refractivity contribution < 1.29 is 5.11 Å². The minimum atomic E-state index is 0.238. The lowest BCUT2D eigenvalue weighted by atomic mass is 10.3. The molecule has 0 saturated heterocycles. The highest BCUT2D eigenvalue weighted by Crippen LogP contribution is 2.14. The zero-order chi connectivity index (χ0) is 12.3. The van der Waals surface area contributed by atoms with Gasteiger partial charge in [0.25, 0.3) is 5.78 Å². The maximum atomic E-state index is 8.78. The Morgan fingerprint density at radius 1 is 1.41 bits per heavy atom. The van der Waals surface area contributed by atoms with Crippen molar-refractivity contribution in [2.75, 3.05) is 25.1 Å². The van der Waals surface area contributed by atoms with Gasteiger partial charge in [0.1, 0.15) is 12.1 Å². The first-order valence-electron chi connectivity index (χ1n) is 5.72. The molecule has 2 rings (SSSR count). The average molecular weight is 235 g/mol. The molecule has 2 heterocycles. The van der Waals surface area contributed by atoms with Crippen LogP contribution < -0.4 is 4.90 Å². The first-order chi connectivity index (χ1) is 8.22. The molecule has 2 aromatic heterocycles. The van der Waals surface area contributed by atoms with E-state index >= 15 is 0 Å². The quantitative estimate of drug-likeness (QED) is 0.770. The van der Waals surface area contributed by atoms with E-state index in [-0.39, 0.29) is 6.61 Å². The van der Waals surface area contributed by atoms with Crippen LogP contribution in [0.4, 0.5) is 5.82 Å². The first kappa shape index (κ1) is 11.8. The Morgan fingerprint density at radius 2 is 2.24 bits per heavy atom. The summed E-state index contributed by atoms with van der Waals surface area (Å²) >= 11 is 0. The summed E-state index contributed by atoms with van der Waals surface area (Å²) in [7, 11) is 2.01. The van der Waals surface area contributed by atoms with E-state index in [0.29, 0.717) is 5.78 Å². The molecular formula is C11H17N5O. The second-order valence-corrected chi connectivity index (χ2v) is 4.08. The number of anilines is 1. The summed E-state index contributed by atoms with van der Waals surface area (Å²) in [6.07, 6.45) is 3.27. The minimum absolute atomic E-state index is 0.238. The van der Waals surface area contributed by atoms with Crippen LogP contribution in [0.15, 0.2) is 12.4 Å². The van der Waals surface area contributed by atoms with Crippen LogP contribution in [0, 0.1) is 6.92 Å².